The third-order valence-electron chi connectivity index (χ3n) is 3.13. The van der Waals surface area contributed by atoms with Crippen LogP contribution in [-0.4, -0.2) is 18.0 Å². The van der Waals surface area contributed by atoms with Gasteiger partial charge in [-0.1, -0.05) is 24.3 Å². The highest BCUT2D eigenvalue weighted by molar-refractivity contribution is 5.70. The Morgan fingerprint density at radius 3 is 2.93 bits per heavy atom. The van der Waals surface area contributed by atoms with Crippen LogP contribution in [0.25, 0.3) is 0 Å². The minimum absolute atomic E-state index is 0.0759. The molecule has 0 saturated carbocycles. The van der Waals surface area contributed by atoms with Gasteiger partial charge in [0.05, 0.1) is 12.0 Å². The first-order chi connectivity index (χ1) is 6.82. The highest BCUT2D eigenvalue weighted by Crippen LogP contribution is 2.35. The molecule has 1 aromatic carbocycles. The summed E-state index contributed by atoms with van der Waals surface area (Å²) in [7, 11) is 0. The van der Waals surface area contributed by atoms with Crippen LogP contribution in [0.15, 0.2) is 24.3 Å². The molecular weight excluding hydrogens is 176 g/mol. The molecule has 0 heterocycles. The molecule has 14 heavy (non-hydrogen) atoms. The lowest BCUT2D eigenvalue weighted by Gasteiger charge is -2.32. The zero-order valence-corrected chi connectivity index (χ0v) is 8.07. The molecule has 1 aliphatic carbocycles. The van der Waals surface area contributed by atoms with Gasteiger partial charge in [-0.2, -0.15) is 0 Å². The predicted molar refractivity (Wildman–Crippen MR) is 54.2 cm³/mol. The normalized spacial score (nSPS) is 25.5. The van der Waals surface area contributed by atoms with Gasteiger partial charge in [-0.15, -0.1) is 0 Å². The van der Waals surface area contributed by atoms with E-state index in [9.17, 15) is 9.90 Å². The number of aldehydes is 1. The first-order valence-corrected chi connectivity index (χ1v) is 4.98. The Balaban J connectivity index is 2.53. The number of hydrogen-bond acceptors (Lipinski definition) is 2. The summed E-state index contributed by atoms with van der Waals surface area (Å²) in [6, 6.07) is 7.91. The summed E-state index contributed by atoms with van der Waals surface area (Å²) in [5.41, 5.74) is 1.60. The summed E-state index contributed by atoms with van der Waals surface area (Å²) in [4.78, 5) is 11.1. The standard InChI is InChI=1S/C12H14O2/c13-8-12(9-14)7-3-5-10-4-1-2-6-11(10)12/h1-2,4,6,8,14H,3,5,7,9H2. The lowest BCUT2D eigenvalue weighted by Crippen LogP contribution is -2.36. The minimum atomic E-state index is -0.630. The first kappa shape index (κ1) is 9.41. The number of benzene rings is 1. The molecule has 0 amide bonds. The molecular formula is C12H14O2. The van der Waals surface area contributed by atoms with Gasteiger partial charge in [0.25, 0.3) is 0 Å². The van der Waals surface area contributed by atoms with Crippen LogP contribution in [0.2, 0.25) is 0 Å². The lowest BCUT2D eigenvalue weighted by molar-refractivity contribution is -0.114. The maximum atomic E-state index is 11.1. The maximum Gasteiger partial charge on any atom is 0.132 e. The second kappa shape index (κ2) is 3.54. The largest absolute Gasteiger partial charge is 0.395 e. The second-order valence-corrected chi connectivity index (χ2v) is 3.94. The van der Waals surface area contributed by atoms with Crippen LogP contribution in [0.1, 0.15) is 24.0 Å². The lowest BCUT2D eigenvalue weighted by atomic mass is 9.71. The molecule has 2 nitrogen and oxygen atoms in total. The van der Waals surface area contributed by atoms with E-state index in [4.69, 9.17) is 0 Å². The molecule has 1 aliphatic rings. The van der Waals surface area contributed by atoms with Crippen molar-refractivity contribution in [2.75, 3.05) is 6.61 Å². The molecule has 0 fully saturated rings. The van der Waals surface area contributed by atoms with Crippen LogP contribution >= 0.6 is 0 Å². The number of hydrogen-bond donors (Lipinski definition) is 1. The van der Waals surface area contributed by atoms with E-state index in [1.54, 1.807) is 0 Å². The van der Waals surface area contributed by atoms with Crippen molar-refractivity contribution in [1.29, 1.82) is 0 Å². The number of rotatable bonds is 2. The van der Waals surface area contributed by atoms with Crippen molar-refractivity contribution in [1.82, 2.24) is 0 Å². The summed E-state index contributed by atoms with van der Waals surface area (Å²) in [5, 5.41) is 9.36. The number of aliphatic hydroxyl groups excluding tert-OH is 1. The van der Waals surface area contributed by atoms with Crippen molar-refractivity contribution < 1.29 is 9.90 Å². The number of carbonyl (C=O) groups excluding carboxylic acids is 1. The van der Waals surface area contributed by atoms with Crippen LogP contribution in [0.3, 0.4) is 0 Å². The summed E-state index contributed by atoms with van der Waals surface area (Å²) >= 11 is 0. The molecule has 0 aromatic heterocycles. The van der Waals surface area contributed by atoms with E-state index in [0.717, 1.165) is 31.1 Å². The number of aliphatic hydroxyl groups is 1. The molecule has 0 saturated heterocycles. The zero-order chi connectivity index (χ0) is 10.0. The van der Waals surface area contributed by atoms with E-state index in [1.165, 1.54) is 5.56 Å². The van der Waals surface area contributed by atoms with Crippen molar-refractivity contribution >= 4 is 6.29 Å². The van der Waals surface area contributed by atoms with Crippen molar-refractivity contribution in [3.05, 3.63) is 35.4 Å². The molecule has 0 spiro atoms. The third kappa shape index (κ3) is 1.26. The molecule has 1 atom stereocenters. The Morgan fingerprint density at radius 2 is 2.21 bits per heavy atom. The van der Waals surface area contributed by atoms with Crippen LogP contribution in [-0.2, 0) is 16.6 Å². The maximum absolute atomic E-state index is 11.1. The topological polar surface area (TPSA) is 37.3 Å². The van der Waals surface area contributed by atoms with Crippen molar-refractivity contribution in [2.45, 2.75) is 24.7 Å². The second-order valence-electron chi connectivity index (χ2n) is 3.94. The van der Waals surface area contributed by atoms with Crippen LogP contribution in [0, 0.1) is 0 Å². The van der Waals surface area contributed by atoms with Crippen LogP contribution in [0.4, 0.5) is 0 Å². The molecule has 0 bridgehead atoms. The molecule has 1 unspecified atom stereocenters. The average molecular weight is 190 g/mol. The van der Waals surface area contributed by atoms with E-state index in [2.05, 4.69) is 0 Å². The molecule has 74 valence electrons. The summed E-state index contributed by atoms with van der Waals surface area (Å²) in [6.45, 7) is -0.0759. The van der Waals surface area contributed by atoms with Crippen molar-refractivity contribution in [3.8, 4) is 0 Å². The molecule has 0 radical (unpaired) electrons. The van der Waals surface area contributed by atoms with E-state index in [-0.39, 0.29) is 6.61 Å². The van der Waals surface area contributed by atoms with E-state index < -0.39 is 5.41 Å². The molecule has 2 rings (SSSR count). The highest BCUT2D eigenvalue weighted by Gasteiger charge is 2.35. The molecule has 1 N–H and O–H groups in total. The molecule has 2 heteroatoms. The monoisotopic (exact) mass is 190 g/mol. The third-order valence-corrected chi connectivity index (χ3v) is 3.13. The Labute approximate surface area is 83.6 Å². The fourth-order valence-corrected chi connectivity index (χ4v) is 2.28. The van der Waals surface area contributed by atoms with Gasteiger partial charge in [-0.25, -0.2) is 0 Å². The van der Waals surface area contributed by atoms with Gasteiger partial charge in [-0.05, 0) is 30.4 Å². The number of fused-ring (bicyclic) bond motifs is 1. The first-order valence-electron chi connectivity index (χ1n) is 4.98. The van der Waals surface area contributed by atoms with Gasteiger partial charge in [0, 0.05) is 0 Å². The molecule has 0 aliphatic heterocycles. The minimum Gasteiger partial charge on any atom is -0.395 e. The fourth-order valence-electron chi connectivity index (χ4n) is 2.28. The van der Waals surface area contributed by atoms with Gasteiger partial charge in [0.1, 0.15) is 6.29 Å². The van der Waals surface area contributed by atoms with E-state index >= 15 is 0 Å². The van der Waals surface area contributed by atoms with E-state index in [0.29, 0.717) is 0 Å². The SMILES string of the molecule is O=CC1(CO)CCCc2ccccc21. The summed E-state index contributed by atoms with van der Waals surface area (Å²) in [6.07, 6.45) is 3.68. The van der Waals surface area contributed by atoms with Crippen LogP contribution < -0.4 is 0 Å². The fraction of sp³-hybridized carbons (Fsp3) is 0.417. The van der Waals surface area contributed by atoms with Crippen molar-refractivity contribution in [2.24, 2.45) is 0 Å². The zero-order valence-electron chi connectivity index (χ0n) is 8.07. The molecule has 1 aromatic rings. The smallest absolute Gasteiger partial charge is 0.132 e. The van der Waals surface area contributed by atoms with E-state index in [1.807, 2.05) is 24.3 Å². The van der Waals surface area contributed by atoms with Crippen molar-refractivity contribution in [3.63, 3.8) is 0 Å². The Kier molecular flexibility index (Phi) is 2.38. The highest BCUT2D eigenvalue weighted by atomic mass is 16.3. The number of aryl methyl sites for hydroxylation is 1. The quantitative estimate of drug-likeness (QED) is 0.717. The Bertz CT molecular complexity index is 346. The van der Waals surface area contributed by atoms with Crippen LogP contribution in [0.5, 0.6) is 0 Å². The Morgan fingerprint density at radius 1 is 1.43 bits per heavy atom. The average Bonchev–Trinajstić information content (AvgIpc) is 2.28. The van der Waals surface area contributed by atoms with Gasteiger partial charge >= 0.3 is 0 Å². The van der Waals surface area contributed by atoms with Gasteiger partial charge < -0.3 is 9.90 Å². The Hall–Kier alpha value is -1.15. The summed E-state index contributed by atoms with van der Waals surface area (Å²) in [5.74, 6) is 0. The van der Waals surface area contributed by atoms with Gasteiger partial charge in [0.2, 0.25) is 0 Å². The van der Waals surface area contributed by atoms with Gasteiger partial charge in [0.15, 0.2) is 0 Å². The predicted octanol–water partition coefficient (Wildman–Crippen LogP) is 1.45. The summed E-state index contributed by atoms with van der Waals surface area (Å²) < 4.78 is 0. The van der Waals surface area contributed by atoms with Gasteiger partial charge in [-0.3, -0.25) is 0 Å². The number of carbonyl (C=O) groups is 1.